The van der Waals surface area contributed by atoms with Crippen LogP contribution in [0.5, 0.6) is 0 Å². The smallest absolute Gasteiger partial charge is 0.255 e. The maximum Gasteiger partial charge on any atom is 0.255 e. The predicted molar refractivity (Wildman–Crippen MR) is 137 cm³/mol. The number of aryl methyl sites for hydroxylation is 1. The Hall–Kier alpha value is -5.16. The first-order valence-corrected chi connectivity index (χ1v) is 10.9. The summed E-state index contributed by atoms with van der Waals surface area (Å²) in [5.41, 5.74) is 11.8. The Balaban J connectivity index is 1.43. The number of carbonyl (C=O) groups is 1. The minimum absolute atomic E-state index is 0.235. The largest absolute Gasteiger partial charge is 0.399 e. The number of hydrogen-bond acceptors (Lipinski definition) is 6. The van der Waals surface area contributed by atoms with Gasteiger partial charge < -0.3 is 21.4 Å². The van der Waals surface area contributed by atoms with Crippen LogP contribution in [0.1, 0.15) is 21.5 Å². The van der Waals surface area contributed by atoms with E-state index in [0.29, 0.717) is 39.8 Å². The Labute approximate surface area is 201 Å². The number of nitrogens with two attached hydrogens (primary N) is 1. The molecule has 170 valence electrons. The van der Waals surface area contributed by atoms with Gasteiger partial charge in [0.2, 0.25) is 5.95 Å². The molecule has 0 saturated carbocycles. The van der Waals surface area contributed by atoms with Crippen LogP contribution in [0.2, 0.25) is 0 Å². The zero-order valence-electron chi connectivity index (χ0n) is 18.8. The number of fused-ring (bicyclic) bond motifs is 1. The highest BCUT2D eigenvalue weighted by Gasteiger charge is 2.15. The van der Waals surface area contributed by atoms with Gasteiger partial charge in [-0.2, -0.15) is 5.26 Å². The van der Waals surface area contributed by atoms with Gasteiger partial charge in [0.1, 0.15) is 6.07 Å². The minimum Gasteiger partial charge on any atom is -0.399 e. The fourth-order valence-corrected chi connectivity index (χ4v) is 3.79. The summed E-state index contributed by atoms with van der Waals surface area (Å²) in [6, 6.07) is 22.3. The molecule has 0 aliphatic carbocycles. The number of nitrogens with one attached hydrogen (secondary N) is 3. The molecule has 5 rings (SSSR count). The van der Waals surface area contributed by atoms with Crippen LogP contribution in [0.3, 0.4) is 0 Å². The number of anilines is 4. The Morgan fingerprint density at radius 3 is 2.69 bits per heavy atom. The molecule has 2 heterocycles. The molecular formula is C27H21N7O. The Bertz CT molecular complexity index is 1600. The summed E-state index contributed by atoms with van der Waals surface area (Å²) in [6.07, 6.45) is 3.35. The molecule has 0 bridgehead atoms. The average molecular weight is 460 g/mol. The fraction of sp³-hybridized carbons (Fsp3) is 0.0370. The normalized spacial score (nSPS) is 10.6. The molecule has 0 fully saturated rings. The summed E-state index contributed by atoms with van der Waals surface area (Å²) >= 11 is 0. The van der Waals surface area contributed by atoms with Crippen LogP contribution < -0.4 is 16.4 Å². The number of H-pyrrole nitrogens is 1. The monoisotopic (exact) mass is 459 g/mol. The number of amides is 1. The zero-order valence-corrected chi connectivity index (χ0v) is 18.8. The van der Waals surface area contributed by atoms with Gasteiger partial charge in [0.05, 0.1) is 17.5 Å². The number of para-hydroxylation sites is 1. The van der Waals surface area contributed by atoms with E-state index in [1.807, 2.05) is 55.6 Å². The predicted octanol–water partition coefficient (Wildman–Crippen LogP) is 5.38. The quantitative estimate of drug-likeness (QED) is 0.261. The van der Waals surface area contributed by atoms with Gasteiger partial charge >= 0.3 is 0 Å². The molecule has 0 spiro atoms. The van der Waals surface area contributed by atoms with Crippen LogP contribution in [0.15, 0.2) is 79.1 Å². The lowest BCUT2D eigenvalue weighted by molar-refractivity contribution is 0.102. The lowest BCUT2D eigenvalue weighted by atomic mass is 10.1. The highest BCUT2D eigenvalue weighted by Crippen LogP contribution is 2.30. The van der Waals surface area contributed by atoms with Crippen molar-refractivity contribution in [2.24, 2.45) is 0 Å². The lowest BCUT2D eigenvalue weighted by Crippen LogP contribution is -2.13. The highest BCUT2D eigenvalue weighted by molar-refractivity contribution is 6.05. The molecule has 0 radical (unpaired) electrons. The van der Waals surface area contributed by atoms with Crippen molar-refractivity contribution < 1.29 is 4.79 Å². The molecule has 5 aromatic rings. The van der Waals surface area contributed by atoms with Crippen molar-refractivity contribution in [1.29, 1.82) is 5.26 Å². The third-order valence-electron chi connectivity index (χ3n) is 5.67. The number of aromatic nitrogens is 3. The number of benzene rings is 3. The van der Waals surface area contributed by atoms with Crippen molar-refractivity contribution in [3.8, 4) is 17.3 Å². The minimum atomic E-state index is -0.235. The molecule has 0 aliphatic rings. The van der Waals surface area contributed by atoms with E-state index in [2.05, 4.69) is 31.7 Å². The Morgan fingerprint density at radius 1 is 1.09 bits per heavy atom. The summed E-state index contributed by atoms with van der Waals surface area (Å²) in [4.78, 5) is 24.8. The van der Waals surface area contributed by atoms with Gasteiger partial charge in [0.15, 0.2) is 0 Å². The van der Waals surface area contributed by atoms with Crippen LogP contribution in [0, 0.1) is 18.3 Å². The lowest BCUT2D eigenvalue weighted by Gasteiger charge is -2.12. The second-order valence-corrected chi connectivity index (χ2v) is 8.05. The summed E-state index contributed by atoms with van der Waals surface area (Å²) in [5, 5.41) is 16.7. The molecule has 0 saturated heterocycles. The third kappa shape index (κ3) is 4.38. The summed E-state index contributed by atoms with van der Waals surface area (Å²) in [7, 11) is 0. The van der Waals surface area contributed by atoms with Crippen LogP contribution in [-0.2, 0) is 0 Å². The topological polar surface area (TPSA) is 133 Å². The van der Waals surface area contributed by atoms with Crippen molar-refractivity contribution in [2.75, 3.05) is 16.4 Å². The first-order valence-electron chi connectivity index (χ1n) is 10.9. The van der Waals surface area contributed by atoms with E-state index in [-0.39, 0.29) is 5.91 Å². The van der Waals surface area contributed by atoms with Gasteiger partial charge in [-0.25, -0.2) is 9.97 Å². The van der Waals surface area contributed by atoms with Crippen LogP contribution in [0.4, 0.5) is 23.0 Å². The van der Waals surface area contributed by atoms with Crippen molar-refractivity contribution in [3.63, 3.8) is 0 Å². The van der Waals surface area contributed by atoms with E-state index in [0.717, 1.165) is 22.0 Å². The molecule has 5 N–H and O–H groups in total. The maximum absolute atomic E-state index is 12.7. The van der Waals surface area contributed by atoms with E-state index in [1.54, 1.807) is 24.3 Å². The van der Waals surface area contributed by atoms with Crippen molar-refractivity contribution in [1.82, 2.24) is 15.0 Å². The summed E-state index contributed by atoms with van der Waals surface area (Å²) < 4.78 is 0. The molecular weight excluding hydrogens is 438 g/mol. The van der Waals surface area contributed by atoms with Gasteiger partial charge in [-0.1, -0.05) is 24.3 Å². The molecule has 8 nitrogen and oxygen atoms in total. The van der Waals surface area contributed by atoms with Gasteiger partial charge in [0, 0.05) is 45.3 Å². The molecule has 35 heavy (non-hydrogen) atoms. The highest BCUT2D eigenvalue weighted by atomic mass is 16.1. The number of hydrogen-bond donors (Lipinski definition) is 4. The molecule has 3 aromatic carbocycles. The maximum atomic E-state index is 12.7. The third-order valence-corrected chi connectivity index (χ3v) is 5.67. The molecule has 1 amide bonds. The summed E-state index contributed by atoms with van der Waals surface area (Å²) in [6.45, 7) is 1.91. The number of carbonyl (C=O) groups excluding carboxylic acids is 1. The van der Waals surface area contributed by atoms with Crippen molar-refractivity contribution in [3.05, 3.63) is 95.8 Å². The van der Waals surface area contributed by atoms with Crippen LogP contribution >= 0.6 is 0 Å². The SMILES string of the molecule is Cc1ccc(Nc2ncc(C#N)c(-c3c[nH]c4ccccc34)n2)cc1NC(=O)c1ccc(N)cc1. The molecule has 2 aromatic heterocycles. The molecule has 0 unspecified atom stereocenters. The number of nitrogens with zero attached hydrogens (tertiary/aromatic N) is 3. The van der Waals surface area contributed by atoms with E-state index >= 15 is 0 Å². The Morgan fingerprint density at radius 2 is 1.89 bits per heavy atom. The Kier molecular flexibility index (Phi) is 5.57. The van der Waals surface area contributed by atoms with Gasteiger partial charge in [-0.05, 0) is 55.0 Å². The van der Waals surface area contributed by atoms with Gasteiger partial charge in [-0.3, -0.25) is 4.79 Å². The van der Waals surface area contributed by atoms with E-state index < -0.39 is 0 Å². The first kappa shape index (κ1) is 21.7. The van der Waals surface area contributed by atoms with E-state index in [1.165, 1.54) is 6.20 Å². The van der Waals surface area contributed by atoms with Crippen molar-refractivity contribution in [2.45, 2.75) is 6.92 Å². The van der Waals surface area contributed by atoms with Gasteiger partial charge in [0.25, 0.3) is 5.91 Å². The fourth-order valence-electron chi connectivity index (χ4n) is 3.79. The number of rotatable bonds is 5. The molecule has 0 aliphatic heterocycles. The van der Waals surface area contributed by atoms with E-state index in [9.17, 15) is 10.1 Å². The summed E-state index contributed by atoms with van der Waals surface area (Å²) in [5.74, 6) is 0.102. The van der Waals surface area contributed by atoms with Crippen LogP contribution in [-0.4, -0.2) is 20.9 Å². The zero-order chi connectivity index (χ0) is 24.4. The average Bonchev–Trinajstić information content (AvgIpc) is 3.30. The number of nitrogen functional groups attached to an aromatic ring is 1. The molecule has 8 heteroatoms. The number of aromatic amines is 1. The van der Waals surface area contributed by atoms with Crippen molar-refractivity contribution >= 4 is 39.8 Å². The van der Waals surface area contributed by atoms with E-state index in [4.69, 9.17) is 5.73 Å². The standard InChI is InChI=1S/C27H21N7O/c1-16-6-11-20(12-24(16)33-26(35)17-7-9-19(29)10-8-17)32-27-31-14-18(13-28)25(34-27)22-15-30-23-5-3-2-4-21(22)23/h2-12,14-15,30H,29H2,1H3,(H,33,35)(H,31,32,34). The second-order valence-electron chi connectivity index (χ2n) is 8.05. The first-order chi connectivity index (χ1) is 17.0. The second kappa shape index (κ2) is 9.00. The van der Waals surface area contributed by atoms with Crippen LogP contribution in [0.25, 0.3) is 22.2 Å². The van der Waals surface area contributed by atoms with Gasteiger partial charge in [-0.15, -0.1) is 0 Å². The number of nitriles is 1. The molecule has 0 atom stereocenters.